The Morgan fingerprint density at radius 1 is 1.08 bits per heavy atom. The molecule has 3 heteroatoms. The number of ketones is 1. The van der Waals surface area contributed by atoms with Crippen LogP contribution in [0.5, 0.6) is 0 Å². The molecule has 1 aliphatic carbocycles. The van der Waals surface area contributed by atoms with Gasteiger partial charge in [0.2, 0.25) is 5.91 Å². The molecule has 2 rings (SSSR count). The molecule has 0 bridgehead atoms. The molecule has 3 nitrogen and oxygen atoms in total. The molecule has 0 aromatic carbocycles. The molecule has 1 saturated heterocycles. The third kappa shape index (κ3) is 1.90. The summed E-state index contributed by atoms with van der Waals surface area (Å²) in [5.41, 5.74) is 0. The van der Waals surface area contributed by atoms with E-state index in [0.29, 0.717) is 24.0 Å². The van der Waals surface area contributed by atoms with Crippen LogP contribution in [0.15, 0.2) is 0 Å². The van der Waals surface area contributed by atoms with E-state index in [-0.39, 0.29) is 5.91 Å². The van der Waals surface area contributed by atoms with Gasteiger partial charge in [-0.3, -0.25) is 9.59 Å². The van der Waals surface area contributed by atoms with E-state index in [1.807, 2.05) is 0 Å². The largest absolute Gasteiger partial charge is 0.356 e. The van der Waals surface area contributed by atoms with Crippen molar-refractivity contribution in [2.24, 2.45) is 11.8 Å². The molecule has 0 aromatic heterocycles. The van der Waals surface area contributed by atoms with Gasteiger partial charge in [0.1, 0.15) is 5.78 Å². The van der Waals surface area contributed by atoms with Crippen molar-refractivity contribution >= 4 is 11.7 Å². The van der Waals surface area contributed by atoms with Crippen LogP contribution >= 0.6 is 0 Å². The fourth-order valence-electron chi connectivity index (χ4n) is 2.39. The lowest BCUT2D eigenvalue weighted by Gasteiger charge is -2.25. The van der Waals surface area contributed by atoms with E-state index >= 15 is 0 Å². The van der Waals surface area contributed by atoms with E-state index in [1.165, 1.54) is 0 Å². The van der Waals surface area contributed by atoms with Gasteiger partial charge < -0.3 is 5.32 Å². The predicted octanol–water partition coefficient (Wildman–Crippen LogP) is 0.882. The van der Waals surface area contributed by atoms with Gasteiger partial charge in [-0.2, -0.15) is 0 Å². The van der Waals surface area contributed by atoms with Crippen LogP contribution in [0.4, 0.5) is 0 Å². The Kier molecular flexibility index (Phi) is 2.34. The molecule has 13 heavy (non-hydrogen) atoms. The zero-order valence-electron chi connectivity index (χ0n) is 7.71. The average Bonchev–Trinajstić information content (AvgIpc) is 2.53. The lowest BCUT2D eigenvalue weighted by molar-refractivity contribution is -0.121. The van der Waals surface area contributed by atoms with Gasteiger partial charge in [-0.1, -0.05) is 0 Å². The van der Waals surface area contributed by atoms with Gasteiger partial charge >= 0.3 is 0 Å². The molecule has 1 aliphatic heterocycles. The molecule has 0 aromatic rings. The third-order valence-electron chi connectivity index (χ3n) is 3.26. The Morgan fingerprint density at radius 2 is 1.77 bits per heavy atom. The first-order chi connectivity index (χ1) is 6.25. The fraction of sp³-hybridized carbons (Fsp3) is 0.800. The maximum Gasteiger partial charge on any atom is 0.220 e. The SMILES string of the molecule is O=C1CCC(C2CNC(=O)C2)CC1. The van der Waals surface area contributed by atoms with Gasteiger partial charge in [0.25, 0.3) is 0 Å². The van der Waals surface area contributed by atoms with E-state index in [1.54, 1.807) is 0 Å². The van der Waals surface area contributed by atoms with Gasteiger partial charge in [-0.05, 0) is 24.7 Å². The minimum atomic E-state index is 0.182. The molecule has 1 unspecified atom stereocenters. The maximum absolute atomic E-state index is 11.0. The summed E-state index contributed by atoms with van der Waals surface area (Å²) < 4.78 is 0. The molecular weight excluding hydrogens is 166 g/mol. The average molecular weight is 181 g/mol. The highest BCUT2D eigenvalue weighted by molar-refractivity contribution is 5.80. The van der Waals surface area contributed by atoms with Crippen molar-refractivity contribution < 1.29 is 9.59 Å². The molecular formula is C10H15NO2. The van der Waals surface area contributed by atoms with Gasteiger partial charge in [-0.25, -0.2) is 0 Å². The van der Waals surface area contributed by atoms with Crippen molar-refractivity contribution in [2.45, 2.75) is 32.1 Å². The summed E-state index contributed by atoms with van der Waals surface area (Å²) in [4.78, 5) is 22.0. The first kappa shape index (κ1) is 8.73. The summed E-state index contributed by atoms with van der Waals surface area (Å²) in [6.07, 6.45) is 4.14. The van der Waals surface area contributed by atoms with E-state index in [9.17, 15) is 9.59 Å². The standard InChI is InChI=1S/C10H15NO2/c12-9-3-1-7(2-4-9)8-5-10(13)11-6-8/h7-8H,1-6H2,(H,11,13). The fourth-order valence-corrected chi connectivity index (χ4v) is 2.39. The summed E-state index contributed by atoms with van der Waals surface area (Å²) in [7, 11) is 0. The van der Waals surface area contributed by atoms with Crippen LogP contribution in [0.3, 0.4) is 0 Å². The van der Waals surface area contributed by atoms with E-state index in [4.69, 9.17) is 0 Å². The molecule has 1 atom stereocenters. The minimum Gasteiger partial charge on any atom is -0.356 e. The Bertz CT molecular complexity index is 227. The zero-order valence-corrected chi connectivity index (χ0v) is 7.71. The van der Waals surface area contributed by atoms with Gasteiger partial charge in [0.05, 0.1) is 0 Å². The molecule has 1 heterocycles. The number of carbonyl (C=O) groups excluding carboxylic acids is 2. The van der Waals surface area contributed by atoms with Crippen LogP contribution in [0.25, 0.3) is 0 Å². The van der Waals surface area contributed by atoms with Crippen molar-refractivity contribution in [1.82, 2.24) is 5.32 Å². The highest BCUT2D eigenvalue weighted by atomic mass is 16.2. The Labute approximate surface area is 77.9 Å². The molecule has 1 saturated carbocycles. The lowest BCUT2D eigenvalue weighted by Crippen LogP contribution is -2.23. The van der Waals surface area contributed by atoms with E-state index in [0.717, 1.165) is 32.2 Å². The van der Waals surface area contributed by atoms with Crippen molar-refractivity contribution in [3.63, 3.8) is 0 Å². The summed E-state index contributed by atoms with van der Waals surface area (Å²) >= 11 is 0. The highest BCUT2D eigenvalue weighted by Crippen LogP contribution is 2.31. The first-order valence-electron chi connectivity index (χ1n) is 5.04. The Hall–Kier alpha value is -0.860. The van der Waals surface area contributed by atoms with Crippen LogP contribution in [0, 0.1) is 11.8 Å². The summed E-state index contributed by atoms with van der Waals surface area (Å²) in [5.74, 6) is 1.69. The molecule has 72 valence electrons. The molecule has 2 aliphatic rings. The smallest absolute Gasteiger partial charge is 0.220 e. The van der Waals surface area contributed by atoms with E-state index in [2.05, 4.69) is 5.32 Å². The molecule has 1 amide bonds. The van der Waals surface area contributed by atoms with Crippen LogP contribution in [-0.4, -0.2) is 18.2 Å². The number of hydrogen-bond acceptors (Lipinski definition) is 2. The minimum absolute atomic E-state index is 0.182. The second kappa shape index (κ2) is 3.48. The Morgan fingerprint density at radius 3 is 2.31 bits per heavy atom. The summed E-state index contributed by atoms with van der Waals surface area (Å²) in [6.45, 7) is 0.831. The third-order valence-corrected chi connectivity index (χ3v) is 3.26. The number of carbonyl (C=O) groups is 2. The molecule has 2 fully saturated rings. The van der Waals surface area contributed by atoms with Crippen molar-refractivity contribution in [3.8, 4) is 0 Å². The second-order valence-corrected chi connectivity index (χ2v) is 4.14. The first-order valence-corrected chi connectivity index (χ1v) is 5.04. The Balaban J connectivity index is 1.87. The lowest BCUT2D eigenvalue weighted by atomic mass is 9.79. The molecule has 0 spiro atoms. The van der Waals surface area contributed by atoms with E-state index < -0.39 is 0 Å². The topological polar surface area (TPSA) is 46.2 Å². The predicted molar refractivity (Wildman–Crippen MR) is 48.1 cm³/mol. The van der Waals surface area contributed by atoms with Gasteiger partial charge in [0.15, 0.2) is 0 Å². The number of rotatable bonds is 1. The molecule has 0 radical (unpaired) electrons. The number of nitrogens with one attached hydrogen (secondary N) is 1. The van der Waals surface area contributed by atoms with Crippen LogP contribution in [0.2, 0.25) is 0 Å². The second-order valence-electron chi connectivity index (χ2n) is 4.14. The highest BCUT2D eigenvalue weighted by Gasteiger charge is 2.31. The maximum atomic E-state index is 11.0. The van der Waals surface area contributed by atoms with Gasteiger partial charge in [-0.15, -0.1) is 0 Å². The molecule has 1 N–H and O–H groups in total. The number of amides is 1. The number of hydrogen-bond donors (Lipinski definition) is 1. The quantitative estimate of drug-likeness (QED) is 0.652. The number of Topliss-reactive ketones (excluding diaryl/α,β-unsaturated/α-hetero) is 1. The zero-order chi connectivity index (χ0) is 9.26. The van der Waals surface area contributed by atoms with Crippen molar-refractivity contribution in [1.29, 1.82) is 0 Å². The summed E-state index contributed by atoms with van der Waals surface area (Å²) in [5, 5.41) is 2.85. The monoisotopic (exact) mass is 181 g/mol. The normalized spacial score (nSPS) is 30.6. The summed E-state index contributed by atoms with van der Waals surface area (Å²) in [6, 6.07) is 0. The van der Waals surface area contributed by atoms with Gasteiger partial charge in [0, 0.05) is 25.8 Å². The van der Waals surface area contributed by atoms with Crippen LogP contribution < -0.4 is 5.32 Å². The van der Waals surface area contributed by atoms with Crippen molar-refractivity contribution in [2.75, 3.05) is 6.54 Å². The van der Waals surface area contributed by atoms with Crippen LogP contribution in [-0.2, 0) is 9.59 Å². The van der Waals surface area contributed by atoms with Crippen LogP contribution in [0.1, 0.15) is 32.1 Å². The van der Waals surface area contributed by atoms with Crippen molar-refractivity contribution in [3.05, 3.63) is 0 Å².